The molecule has 3 aromatic rings. The lowest BCUT2D eigenvalue weighted by molar-refractivity contribution is -0.122. The van der Waals surface area contributed by atoms with Crippen molar-refractivity contribution in [3.63, 3.8) is 0 Å². The van der Waals surface area contributed by atoms with E-state index in [1.807, 2.05) is 48.7 Å². The second kappa shape index (κ2) is 7.22. The number of amides is 1. The molecule has 0 bridgehead atoms. The highest BCUT2D eigenvalue weighted by atomic mass is 16.3. The molecule has 0 radical (unpaired) electrons. The van der Waals surface area contributed by atoms with Gasteiger partial charge in [-0.1, -0.05) is 24.3 Å². The lowest BCUT2D eigenvalue weighted by atomic mass is 9.75. The van der Waals surface area contributed by atoms with E-state index in [1.165, 1.54) is 0 Å². The van der Waals surface area contributed by atoms with Gasteiger partial charge < -0.3 is 10.4 Å². The minimum absolute atomic E-state index is 0.0664. The molecule has 132 valence electrons. The molecule has 2 aromatic heterocycles. The molecule has 0 aliphatic heterocycles. The number of aliphatic hydroxyl groups excluding tert-OH is 1. The van der Waals surface area contributed by atoms with Crippen LogP contribution in [0.3, 0.4) is 0 Å². The van der Waals surface area contributed by atoms with E-state index in [4.69, 9.17) is 0 Å². The molecule has 1 fully saturated rings. The first-order valence-electron chi connectivity index (χ1n) is 8.91. The number of aliphatic hydroxyl groups is 1. The summed E-state index contributed by atoms with van der Waals surface area (Å²) in [7, 11) is 0. The summed E-state index contributed by atoms with van der Waals surface area (Å²) in [6.07, 6.45) is 4.88. The molecule has 0 spiro atoms. The summed E-state index contributed by atoms with van der Waals surface area (Å²) in [4.78, 5) is 21.3. The van der Waals surface area contributed by atoms with Crippen molar-refractivity contribution in [3.05, 3.63) is 72.2 Å². The number of benzene rings is 1. The maximum atomic E-state index is 12.6. The molecule has 1 amide bonds. The van der Waals surface area contributed by atoms with Crippen LogP contribution in [0.4, 0.5) is 0 Å². The number of nitrogens with zero attached hydrogens (tertiary/aromatic N) is 2. The number of fused-ring (bicyclic) bond motifs is 1. The Balaban J connectivity index is 1.56. The summed E-state index contributed by atoms with van der Waals surface area (Å²) in [6.45, 7) is 0. The number of aromatic nitrogens is 2. The van der Waals surface area contributed by atoms with Crippen molar-refractivity contribution < 1.29 is 9.90 Å². The van der Waals surface area contributed by atoms with Gasteiger partial charge in [-0.3, -0.25) is 14.8 Å². The number of nitrogens with one attached hydrogen (secondary N) is 1. The lowest BCUT2D eigenvalue weighted by Gasteiger charge is -2.38. The van der Waals surface area contributed by atoms with Crippen LogP contribution in [0.2, 0.25) is 0 Å². The van der Waals surface area contributed by atoms with Crippen LogP contribution in [-0.4, -0.2) is 27.1 Å². The fourth-order valence-electron chi connectivity index (χ4n) is 3.53. The van der Waals surface area contributed by atoms with Gasteiger partial charge in [0.05, 0.1) is 24.1 Å². The number of rotatable bonds is 5. The summed E-state index contributed by atoms with van der Waals surface area (Å²) >= 11 is 0. The average molecular weight is 347 g/mol. The highest BCUT2D eigenvalue weighted by Crippen LogP contribution is 2.38. The first kappa shape index (κ1) is 16.7. The van der Waals surface area contributed by atoms with Crippen molar-refractivity contribution in [1.29, 1.82) is 0 Å². The fourth-order valence-corrected chi connectivity index (χ4v) is 3.53. The molecule has 1 aliphatic carbocycles. The zero-order chi connectivity index (χ0) is 17.9. The molecule has 5 heteroatoms. The van der Waals surface area contributed by atoms with Gasteiger partial charge >= 0.3 is 0 Å². The van der Waals surface area contributed by atoms with Gasteiger partial charge in [-0.05, 0) is 48.6 Å². The topological polar surface area (TPSA) is 75.1 Å². The van der Waals surface area contributed by atoms with Gasteiger partial charge in [0.1, 0.15) is 0 Å². The van der Waals surface area contributed by atoms with E-state index in [1.54, 1.807) is 6.20 Å². The molecule has 1 aromatic carbocycles. The molecule has 1 unspecified atom stereocenters. The third-order valence-electron chi connectivity index (χ3n) is 4.98. The SMILES string of the molecule is O=C(Cc1ccccn1)NC(c1cnc2ccccc2c1)C1CC(O)C1. The Labute approximate surface area is 152 Å². The van der Waals surface area contributed by atoms with Crippen LogP contribution >= 0.6 is 0 Å². The fraction of sp³-hybridized carbons (Fsp3) is 0.286. The van der Waals surface area contributed by atoms with Crippen molar-refractivity contribution in [2.45, 2.75) is 31.4 Å². The molecule has 26 heavy (non-hydrogen) atoms. The smallest absolute Gasteiger partial charge is 0.226 e. The number of para-hydroxylation sites is 1. The van der Waals surface area contributed by atoms with E-state index < -0.39 is 0 Å². The van der Waals surface area contributed by atoms with Crippen LogP contribution in [0.5, 0.6) is 0 Å². The van der Waals surface area contributed by atoms with E-state index in [9.17, 15) is 9.90 Å². The first-order valence-corrected chi connectivity index (χ1v) is 8.91. The van der Waals surface area contributed by atoms with Gasteiger partial charge in [-0.15, -0.1) is 0 Å². The summed E-state index contributed by atoms with van der Waals surface area (Å²) in [6, 6.07) is 15.4. The molecular formula is C21H21N3O2. The van der Waals surface area contributed by atoms with Gasteiger partial charge in [-0.2, -0.15) is 0 Å². The van der Waals surface area contributed by atoms with Crippen LogP contribution in [0.1, 0.15) is 30.1 Å². The third kappa shape index (κ3) is 3.58. The second-order valence-corrected chi connectivity index (χ2v) is 6.89. The normalized spacial score (nSPS) is 20.3. The van der Waals surface area contributed by atoms with E-state index in [-0.39, 0.29) is 30.4 Å². The Morgan fingerprint density at radius 3 is 2.73 bits per heavy atom. The van der Waals surface area contributed by atoms with Crippen molar-refractivity contribution in [1.82, 2.24) is 15.3 Å². The maximum absolute atomic E-state index is 12.6. The van der Waals surface area contributed by atoms with Crippen molar-refractivity contribution in [3.8, 4) is 0 Å². The minimum Gasteiger partial charge on any atom is -0.393 e. The van der Waals surface area contributed by atoms with Crippen LogP contribution in [0, 0.1) is 5.92 Å². The Kier molecular flexibility index (Phi) is 4.63. The van der Waals surface area contributed by atoms with E-state index in [0.717, 1.165) is 22.2 Å². The van der Waals surface area contributed by atoms with Crippen LogP contribution in [0.15, 0.2) is 60.9 Å². The predicted octanol–water partition coefficient (Wildman–Crippen LogP) is 2.80. The van der Waals surface area contributed by atoms with Crippen LogP contribution in [-0.2, 0) is 11.2 Å². The zero-order valence-electron chi connectivity index (χ0n) is 14.4. The predicted molar refractivity (Wildman–Crippen MR) is 99.3 cm³/mol. The van der Waals surface area contributed by atoms with Crippen molar-refractivity contribution in [2.24, 2.45) is 5.92 Å². The van der Waals surface area contributed by atoms with Gasteiger partial charge in [0.25, 0.3) is 0 Å². The number of carbonyl (C=O) groups excluding carboxylic acids is 1. The van der Waals surface area contributed by atoms with Gasteiger partial charge in [0, 0.05) is 23.5 Å². The summed E-state index contributed by atoms with van der Waals surface area (Å²) in [5.41, 5.74) is 2.66. The highest BCUT2D eigenvalue weighted by molar-refractivity contribution is 5.80. The molecule has 1 aliphatic rings. The largest absolute Gasteiger partial charge is 0.393 e. The summed E-state index contributed by atoms with van der Waals surface area (Å²) in [5, 5.41) is 13.9. The summed E-state index contributed by atoms with van der Waals surface area (Å²) in [5.74, 6) is 0.156. The standard InChI is InChI=1S/C21H21N3O2/c25-18-10-15(11-18)21(24-20(26)12-17-6-3-4-8-22-17)16-9-14-5-1-2-7-19(14)23-13-16/h1-9,13,15,18,21,25H,10-12H2,(H,24,26). The highest BCUT2D eigenvalue weighted by Gasteiger charge is 2.35. The zero-order valence-corrected chi connectivity index (χ0v) is 14.4. The number of hydrogen-bond acceptors (Lipinski definition) is 4. The molecule has 5 nitrogen and oxygen atoms in total. The van der Waals surface area contributed by atoms with Gasteiger partial charge in [0.15, 0.2) is 0 Å². The average Bonchev–Trinajstić information content (AvgIpc) is 2.64. The quantitative estimate of drug-likeness (QED) is 0.744. The van der Waals surface area contributed by atoms with Gasteiger partial charge in [-0.25, -0.2) is 0 Å². The molecule has 2 heterocycles. The number of hydrogen-bond donors (Lipinski definition) is 2. The van der Waals surface area contributed by atoms with E-state index in [0.29, 0.717) is 12.8 Å². The lowest BCUT2D eigenvalue weighted by Crippen LogP contribution is -2.42. The Hall–Kier alpha value is -2.79. The third-order valence-corrected chi connectivity index (χ3v) is 4.98. The van der Waals surface area contributed by atoms with Crippen molar-refractivity contribution in [2.75, 3.05) is 0 Å². The summed E-state index contributed by atoms with van der Waals surface area (Å²) < 4.78 is 0. The Morgan fingerprint density at radius 2 is 1.96 bits per heavy atom. The Bertz CT molecular complexity index is 907. The number of pyridine rings is 2. The molecule has 4 rings (SSSR count). The minimum atomic E-state index is -0.274. The van der Waals surface area contributed by atoms with E-state index >= 15 is 0 Å². The van der Waals surface area contributed by atoms with Gasteiger partial charge in [0.2, 0.25) is 5.91 Å². The monoisotopic (exact) mass is 347 g/mol. The first-order chi connectivity index (χ1) is 12.7. The number of carbonyl (C=O) groups is 1. The maximum Gasteiger partial charge on any atom is 0.226 e. The second-order valence-electron chi connectivity index (χ2n) is 6.89. The molecular weight excluding hydrogens is 326 g/mol. The van der Waals surface area contributed by atoms with Crippen LogP contribution in [0.25, 0.3) is 10.9 Å². The van der Waals surface area contributed by atoms with Crippen LogP contribution < -0.4 is 5.32 Å². The molecule has 2 N–H and O–H groups in total. The molecule has 0 saturated heterocycles. The molecule has 1 saturated carbocycles. The van der Waals surface area contributed by atoms with Crippen molar-refractivity contribution >= 4 is 16.8 Å². The van der Waals surface area contributed by atoms with E-state index in [2.05, 4.69) is 21.4 Å². The molecule has 1 atom stereocenters. The Morgan fingerprint density at radius 1 is 1.15 bits per heavy atom.